The largest absolute Gasteiger partial charge is 0.497 e. The molecular formula is C10H10BNO2. The van der Waals surface area contributed by atoms with Crippen molar-refractivity contribution in [3.8, 4) is 5.75 Å². The molecule has 1 aromatic carbocycles. The van der Waals surface area contributed by atoms with Crippen LogP contribution in [-0.4, -0.2) is 26.2 Å². The zero-order valence-corrected chi connectivity index (χ0v) is 8.13. The van der Waals surface area contributed by atoms with Gasteiger partial charge in [0, 0.05) is 16.5 Å². The maximum atomic E-state index is 10.8. The average Bonchev–Trinajstić information content (AvgIpc) is 2.52. The molecule has 1 N–H and O–H groups in total. The van der Waals surface area contributed by atoms with Crippen LogP contribution >= 0.6 is 0 Å². The average molecular weight is 187 g/mol. The third-order valence-electron chi connectivity index (χ3n) is 2.36. The van der Waals surface area contributed by atoms with Crippen molar-refractivity contribution >= 4 is 30.6 Å². The summed E-state index contributed by atoms with van der Waals surface area (Å²) >= 11 is 0. The molecule has 2 rings (SSSR count). The smallest absolute Gasteiger partial charge is 0.161 e. The van der Waals surface area contributed by atoms with E-state index in [-0.39, 0.29) is 0 Å². The van der Waals surface area contributed by atoms with E-state index in [2.05, 4.69) is 4.98 Å². The molecule has 0 spiro atoms. The van der Waals surface area contributed by atoms with Crippen LogP contribution in [0.1, 0.15) is 10.4 Å². The Bertz CT molecular complexity index is 490. The summed E-state index contributed by atoms with van der Waals surface area (Å²) in [5.74, 6) is 0.764. The topological polar surface area (TPSA) is 42.1 Å². The van der Waals surface area contributed by atoms with Crippen LogP contribution in [0.3, 0.4) is 0 Å². The third kappa shape index (κ3) is 1.19. The van der Waals surface area contributed by atoms with E-state index >= 15 is 0 Å². The highest BCUT2D eigenvalue weighted by atomic mass is 16.5. The summed E-state index contributed by atoms with van der Waals surface area (Å²) < 4.78 is 5.10. The van der Waals surface area contributed by atoms with Gasteiger partial charge in [-0.05, 0) is 23.8 Å². The van der Waals surface area contributed by atoms with Gasteiger partial charge in [0.2, 0.25) is 0 Å². The number of nitrogens with one attached hydrogen (secondary N) is 1. The predicted molar refractivity (Wildman–Crippen MR) is 58.4 cm³/mol. The second-order valence-corrected chi connectivity index (χ2v) is 3.19. The number of benzene rings is 1. The van der Waals surface area contributed by atoms with E-state index in [1.165, 1.54) is 0 Å². The molecule has 14 heavy (non-hydrogen) atoms. The Kier molecular flexibility index (Phi) is 2.04. The maximum Gasteiger partial charge on any atom is 0.161 e. The van der Waals surface area contributed by atoms with Gasteiger partial charge in [-0.15, -0.1) is 0 Å². The highest BCUT2D eigenvalue weighted by Crippen LogP contribution is 2.21. The van der Waals surface area contributed by atoms with Crippen molar-refractivity contribution in [1.29, 1.82) is 0 Å². The van der Waals surface area contributed by atoms with Crippen LogP contribution in [0, 0.1) is 0 Å². The fourth-order valence-corrected chi connectivity index (χ4v) is 1.61. The first kappa shape index (κ1) is 8.87. The Labute approximate surface area is 82.5 Å². The zero-order chi connectivity index (χ0) is 10.1. The number of fused-ring (bicyclic) bond motifs is 1. The lowest BCUT2D eigenvalue weighted by Gasteiger charge is -1.98. The van der Waals surface area contributed by atoms with Gasteiger partial charge >= 0.3 is 0 Å². The standard InChI is InChI=1S/C10H10BNO2/c1-14-6-2-3-9-7(4-6)8(5-13)10(11)12-9/h2-5,12H,11H2,1H3. The van der Waals surface area contributed by atoms with Gasteiger partial charge in [0.05, 0.1) is 7.11 Å². The van der Waals surface area contributed by atoms with Gasteiger partial charge < -0.3 is 9.72 Å². The molecule has 0 aliphatic rings. The molecule has 0 amide bonds. The van der Waals surface area contributed by atoms with Crippen molar-refractivity contribution in [2.75, 3.05) is 7.11 Å². The van der Waals surface area contributed by atoms with Crippen molar-refractivity contribution in [2.45, 2.75) is 0 Å². The van der Waals surface area contributed by atoms with Crippen LogP contribution in [0.2, 0.25) is 0 Å². The van der Waals surface area contributed by atoms with Crippen molar-refractivity contribution in [3.05, 3.63) is 23.8 Å². The number of rotatable bonds is 2. The number of aromatic nitrogens is 1. The van der Waals surface area contributed by atoms with Crippen LogP contribution in [0.4, 0.5) is 0 Å². The second kappa shape index (κ2) is 3.22. The SMILES string of the molecule is Bc1[nH]c2ccc(OC)cc2c1C=O. The van der Waals surface area contributed by atoms with Crippen molar-refractivity contribution in [2.24, 2.45) is 0 Å². The summed E-state index contributed by atoms with van der Waals surface area (Å²) in [6.45, 7) is 0. The molecule has 0 radical (unpaired) electrons. The third-order valence-corrected chi connectivity index (χ3v) is 2.36. The molecule has 70 valence electrons. The number of H-pyrrole nitrogens is 1. The summed E-state index contributed by atoms with van der Waals surface area (Å²) in [5, 5.41) is 0.914. The van der Waals surface area contributed by atoms with Crippen LogP contribution in [-0.2, 0) is 0 Å². The molecule has 0 atom stereocenters. The molecule has 2 aromatic rings. The number of hydrogen-bond acceptors (Lipinski definition) is 2. The summed E-state index contributed by atoms with van der Waals surface area (Å²) in [7, 11) is 3.50. The molecule has 0 bridgehead atoms. The fourth-order valence-electron chi connectivity index (χ4n) is 1.61. The molecule has 0 aliphatic heterocycles. The molecule has 0 fully saturated rings. The normalized spacial score (nSPS) is 10.4. The second-order valence-electron chi connectivity index (χ2n) is 3.19. The summed E-state index contributed by atoms with van der Waals surface area (Å²) in [6.07, 6.45) is 0.869. The van der Waals surface area contributed by atoms with Gasteiger partial charge in [0.25, 0.3) is 0 Å². The number of aromatic amines is 1. The predicted octanol–water partition coefficient (Wildman–Crippen LogP) is 0.247. The van der Waals surface area contributed by atoms with E-state index in [0.717, 1.165) is 28.5 Å². The minimum Gasteiger partial charge on any atom is -0.497 e. The molecule has 0 saturated carbocycles. The van der Waals surface area contributed by atoms with Crippen molar-refractivity contribution in [3.63, 3.8) is 0 Å². The van der Waals surface area contributed by atoms with Crippen LogP contribution in [0.15, 0.2) is 18.2 Å². The number of aldehydes is 1. The molecular weight excluding hydrogens is 177 g/mol. The van der Waals surface area contributed by atoms with Crippen LogP contribution in [0.25, 0.3) is 10.9 Å². The monoisotopic (exact) mass is 187 g/mol. The first-order valence-electron chi connectivity index (χ1n) is 4.37. The highest BCUT2D eigenvalue weighted by molar-refractivity contribution is 6.36. The Morgan fingerprint density at radius 3 is 2.93 bits per heavy atom. The lowest BCUT2D eigenvalue weighted by molar-refractivity contribution is 0.112. The zero-order valence-electron chi connectivity index (χ0n) is 8.13. The summed E-state index contributed by atoms with van der Waals surface area (Å²) in [4.78, 5) is 14.0. The number of carbonyl (C=O) groups is 1. The number of ether oxygens (including phenoxy) is 1. The summed E-state index contributed by atoms with van der Waals surface area (Å²) in [6, 6.07) is 5.64. The van der Waals surface area contributed by atoms with E-state index in [9.17, 15) is 4.79 Å². The Morgan fingerprint density at radius 2 is 2.29 bits per heavy atom. The first-order valence-corrected chi connectivity index (χ1v) is 4.37. The van der Waals surface area contributed by atoms with Gasteiger partial charge in [-0.1, -0.05) is 0 Å². The molecule has 0 saturated heterocycles. The van der Waals surface area contributed by atoms with E-state index < -0.39 is 0 Å². The first-order chi connectivity index (χ1) is 6.76. The lowest BCUT2D eigenvalue weighted by Crippen LogP contribution is -2.07. The van der Waals surface area contributed by atoms with Gasteiger partial charge in [-0.25, -0.2) is 0 Å². The van der Waals surface area contributed by atoms with Crippen molar-refractivity contribution in [1.82, 2.24) is 4.98 Å². The molecule has 0 aliphatic carbocycles. The highest BCUT2D eigenvalue weighted by Gasteiger charge is 2.07. The van der Waals surface area contributed by atoms with Gasteiger partial charge in [-0.3, -0.25) is 4.79 Å². The van der Waals surface area contributed by atoms with Crippen LogP contribution < -0.4 is 10.3 Å². The van der Waals surface area contributed by atoms with E-state index in [1.807, 2.05) is 26.0 Å². The van der Waals surface area contributed by atoms with Crippen LogP contribution in [0.5, 0.6) is 5.75 Å². The minimum absolute atomic E-state index is 0.707. The molecule has 1 heterocycles. The quantitative estimate of drug-likeness (QED) is 0.540. The van der Waals surface area contributed by atoms with E-state index in [1.54, 1.807) is 7.11 Å². The van der Waals surface area contributed by atoms with Gasteiger partial charge in [-0.2, -0.15) is 0 Å². The molecule has 4 heteroatoms. The Morgan fingerprint density at radius 1 is 1.50 bits per heavy atom. The van der Waals surface area contributed by atoms with Gasteiger partial charge in [0.1, 0.15) is 5.75 Å². The lowest BCUT2D eigenvalue weighted by atomic mass is 9.99. The van der Waals surface area contributed by atoms with E-state index in [0.29, 0.717) is 5.56 Å². The maximum absolute atomic E-state index is 10.8. The minimum atomic E-state index is 0.707. The fraction of sp³-hybridized carbons (Fsp3) is 0.100. The number of methoxy groups -OCH3 is 1. The van der Waals surface area contributed by atoms with E-state index in [4.69, 9.17) is 4.74 Å². The summed E-state index contributed by atoms with van der Waals surface area (Å²) in [5.41, 5.74) is 2.56. The van der Waals surface area contributed by atoms with Crippen molar-refractivity contribution < 1.29 is 9.53 Å². The number of carbonyl (C=O) groups excluding carboxylic acids is 1. The molecule has 1 aromatic heterocycles. The molecule has 3 nitrogen and oxygen atoms in total. The Balaban J connectivity index is 2.77. The number of hydrogen-bond donors (Lipinski definition) is 1. The Hall–Kier alpha value is -1.71. The van der Waals surface area contributed by atoms with Gasteiger partial charge in [0.15, 0.2) is 14.1 Å². The molecule has 0 unspecified atom stereocenters.